The summed E-state index contributed by atoms with van der Waals surface area (Å²) in [5.74, 6) is 2.72. The summed E-state index contributed by atoms with van der Waals surface area (Å²) in [6.07, 6.45) is 6.74. The molecule has 4 heteroatoms. The third-order valence-corrected chi connectivity index (χ3v) is 2.09. The number of ether oxygens (including phenoxy) is 1. The van der Waals surface area contributed by atoms with Gasteiger partial charge in [0.1, 0.15) is 23.0 Å². The highest BCUT2D eigenvalue weighted by atomic mass is 19.1. The number of benzene rings is 1. The van der Waals surface area contributed by atoms with Gasteiger partial charge in [-0.05, 0) is 18.2 Å². The first-order valence-corrected chi connectivity index (χ1v) is 4.84. The molecule has 2 rings (SSSR count). The summed E-state index contributed by atoms with van der Waals surface area (Å²) in [6, 6.07) is 7.46. The van der Waals surface area contributed by atoms with Gasteiger partial charge < -0.3 is 10.5 Å². The van der Waals surface area contributed by atoms with E-state index < -0.39 is 5.82 Å². The molecule has 1 aromatic heterocycles. The van der Waals surface area contributed by atoms with E-state index in [0.717, 1.165) is 0 Å². The number of rotatable bonds is 2. The van der Waals surface area contributed by atoms with Gasteiger partial charge in [-0.15, -0.1) is 6.42 Å². The van der Waals surface area contributed by atoms with E-state index >= 15 is 0 Å². The van der Waals surface area contributed by atoms with Gasteiger partial charge in [-0.2, -0.15) is 0 Å². The number of nitrogens with two attached hydrogens (primary N) is 1. The number of nitrogens with zero attached hydrogens (tertiary/aromatic N) is 1. The molecule has 0 radical (unpaired) electrons. The van der Waals surface area contributed by atoms with Crippen molar-refractivity contribution in [2.75, 3.05) is 5.73 Å². The van der Waals surface area contributed by atoms with Gasteiger partial charge in [0.2, 0.25) is 0 Å². The van der Waals surface area contributed by atoms with Crippen LogP contribution in [0.3, 0.4) is 0 Å². The smallest absolute Gasteiger partial charge is 0.149 e. The molecule has 17 heavy (non-hydrogen) atoms. The third kappa shape index (κ3) is 2.52. The number of aromatic nitrogens is 1. The molecule has 0 atom stereocenters. The number of pyridine rings is 1. The topological polar surface area (TPSA) is 48.1 Å². The van der Waals surface area contributed by atoms with E-state index in [1.54, 1.807) is 18.2 Å². The molecule has 1 heterocycles. The van der Waals surface area contributed by atoms with Gasteiger partial charge in [0, 0.05) is 18.3 Å². The minimum Gasteiger partial charge on any atom is -0.457 e. The number of terminal acetylenes is 1. The predicted octanol–water partition coefficient (Wildman–Crippen LogP) is 2.58. The summed E-state index contributed by atoms with van der Waals surface area (Å²) in [6.45, 7) is 0. The third-order valence-electron chi connectivity index (χ3n) is 2.09. The lowest BCUT2D eigenvalue weighted by molar-refractivity contribution is 0.476. The lowest BCUT2D eigenvalue weighted by Gasteiger charge is -2.06. The molecule has 0 aliphatic rings. The number of hydrogen-bond donors (Lipinski definition) is 1. The first-order valence-electron chi connectivity index (χ1n) is 4.84. The van der Waals surface area contributed by atoms with Gasteiger partial charge in [-0.1, -0.05) is 5.92 Å². The van der Waals surface area contributed by atoms with E-state index in [1.807, 2.05) is 0 Å². The van der Waals surface area contributed by atoms with Crippen LogP contribution in [0, 0.1) is 18.2 Å². The lowest BCUT2D eigenvalue weighted by Crippen LogP contribution is -1.92. The maximum Gasteiger partial charge on any atom is 0.149 e. The van der Waals surface area contributed by atoms with E-state index in [4.69, 9.17) is 16.9 Å². The van der Waals surface area contributed by atoms with Gasteiger partial charge >= 0.3 is 0 Å². The fourth-order valence-corrected chi connectivity index (χ4v) is 1.26. The largest absolute Gasteiger partial charge is 0.457 e. The second-order valence-corrected chi connectivity index (χ2v) is 3.31. The van der Waals surface area contributed by atoms with E-state index in [1.165, 1.54) is 18.3 Å². The van der Waals surface area contributed by atoms with Crippen LogP contribution in [-0.2, 0) is 0 Å². The molecule has 0 saturated heterocycles. The first kappa shape index (κ1) is 11.0. The summed E-state index contributed by atoms with van der Waals surface area (Å²) in [5.41, 5.74) is 5.90. The molecular formula is C13H9FN2O. The molecule has 2 N–H and O–H groups in total. The molecule has 0 bridgehead atoms. The Balaban J connectivity index is 2.25. The van der Waals surface area contributed by atoms with Crippen LogP contribution in [0.15, 0.2) is 36.5 Å². The summed E-state index contributed by atoms with van der Waals surface area (Å²) < 4.78 is 18.6. The maximum atomic E-state index is 13.2. The molecule has 0 aliphatic heterocycles. The highest BCUT2D eigenvalue weighted by Gasteiger charge is 2.02. The molecule has 0 saturated carbocycles. The van der Waals surface area contributed by atoms with Crippen LogP contribution in [-0.4, -0.2) is 4.98 Å². The van der Waals surface area contributed by atoms with Crippen LogP contribution in [0.5, 0.6) is 11.5 Å². The van der Waals surface area contributed by atoms with E-state index in [2.05, 4.69) is 10.9 Å². The van der Waals surface area contributed by atoms with Crippen molar-refractivity contribution in [1.82, 2.24) is 4.98 Å². The molecule has 0 aliphatic carbocycles. The number of halogens is 1. The van der Waals surface area contributed by atoms with Crippen molar-refractivity contribution in [3.05, 3.63) is 48.0 Å². The predicted molar refractivity (Wildman–Crippen MR) is 63.1 cm³/mol. The monoisotopic (exact) mass is 228 g/mol. The van der Waals surface area contributed by atoms with Crippen LogP contribution >= 0.6 is 0 Å². The van der Waals surface area contributed by atoms with Crippen LogP contribution in [0.1, 0.15) is 5.69 Å². The minimum absolute atomic E-state index is 0.0800. The lowest BCUT2D eigenvalue weighted by atomic mass is 10.3. The number of nitrogen functional groups attached to an aromatic ring is 1. The molecule has 1 aromatic carbocycles. The van der Waals surface area contributed by atoms with Gasteiger partial charge in [0.25, 0.3) is 0 Å². The quantitative estimate of drug-likeness (QED) is 0.634. The Labute approximate surface area is 98.1 Å². The summed E-state index contributed by atoms with van der Waals surface area (Å²) >= 11 is 0. The Hall–Kier alpha value is -2.54. The van der Waals surface area contributed by atoms with Gasteiger partial charge in [0.15, 0.2) is 0 Å². The van der Waals surface area contributed by atoms with Crippen molar-refractivity contribution in [3.8, 4) is 23.8 Å². The molecule has 3 nitrogen and oxygen atoms in total. The van der Waals surface area contributed by atoms with E-state index in [9.17, 15) is 4.39 Å². The van der Waals surface area contributed by atoms with Crippen molar-refractivity contribution in [1.29, 1.82) is 0 Å². The fourth-order valence-electron chi connectivity index (χ4n) is 1.26. The van der Waals surface area contributed by atoms with E-state index in [0.29, 0.717) is 17.2 Å². The van der Waals surface area contributed by atoms with Crippen LogP contribution in [0.4, 0.5) is 10.1 Å². The average Bonchev–Trinajstić information content (AvgIpc) is 2.34. The highest BCUT2D eigenvalue weighted by molar-refractivity contribution is 5.45. The summed E-state index contributed by atoms with van der Waals surface area (Å²) in [7, 11) is 0. The molecular weight excluding hydrogens is 219 g/mol. The average molecular weight is 228 g/mol. The van der Waals surface area contributed by atoms with Gasteiger partial charge in [0.05, 0.1) is 5.69 Å². The highest BCUT2D eigenvalue weighted by Crippen LogP contribution is 2.24. The zero-order valence-electron chi connectivity index (χ0n) is 8.85. The Morgan fingerprint density at radius 3 is 2.71 bits per heavy atom. The zero-order chi connectivity index (χ0) is 12.3. The molecule has 0 spiro atoms. The van der Waals surface area contributed by atoms with Crippen molar-refractivity contribution < 1.29 is 9.13 Å². The molecule has 0 fully saturated rings. The second-order valence-electron chi connectivity index (χ2n) is 3.31. The Morgan fingerprint density at radius 1 is 1.24 bits per heavy atom. The maximum absolute atomic E-state index is 13.2. The van der Waals surface area contributed by atoms with Crippen LogP contribution in [0.2, 0.25) is 0 Å². The molecule has 0 amide bonds. The SMILES string of the molecule is C#Cc1cc(Oc2ccc(N)c(F)c2)ccn1. The molecule has 0 unspecified atom stereocenters. The second kappa shape index (κ2) is 4.54. The summed E-state index contributed by atoms with van der Waals surface area (Å²) in [5, 5.41) is 0. The minimum atomic E-state index is -0.520. The number of anilines is 1. The standard InChI is InChI=1S/C13H9FN2O/c1-2-9-7-11(5-6-16-9)17-10-3-4-13(15)12(14)8-10/h1,3-8H,15H2. The fraction of sp³-hybridized carbons (Fsp3) is 0. The van der Waals surface area contributed by atoms with Gasteiger partial charge in [-0.25, -0.2) is 9.37 Å². The van der Waals surface area contributed by atoms with Crippen molar-refractivity contribution in [2.45, 2.75) is 0 Å². The Kier molecular flexibility index (Phi) is 2.93. The van der Waals surface area contributed by atoms with Gasteiger partial charge in [-0.3, -0.25) is 0 Å². The number of hydrogen-bond acceptors (Lipinski definition) is 3. The Bertz CT molecular complexity index is 590. The molecule has 84 valence electrons. The first-order chi connectivity index (χ1) is 8.19. The Morgan fingerprint density at radius 2 is 2.00 bits per heavy atom. The molecule has 2 aromatic rings. The summed E-state index contributed by atoms with van der Waals surface area (Å²) in [4.78, 5) is 3.92. The zero-order valence-corrected chi connectivity index (χ0v) is 8.85. The van der Waals surface area contributed by atoms with Crippen molar-refractivity contribution >= 4 is 5.69 Å². The normalized spacial score (nSPS) is 9.65. The van der Waals surface area contributed by atoms with E-state index in [-0.39, 0.29) is 5.69 Å². The van der Waals surface area contributed by atoms with Crippen molar-refractivity contribution in [3.63, 3.8) is 0 Å². The van der Waals surface area contributed by atoms with Crippen molar-refractivity contribution in [2.24, 2.45) is 0 Å². The van der Waals surface area contributed by atoms with Crippen LogP contribution < -0.4 is 10.5 Å². The van der Waals surface area contributed by atoms with Crippen LogP contribution in [0.25, 0.3) is 0 Å².